The Kier molecular flexibility index (Phi) is 7.26. The number of methoxy groups -OCH3 is 1. The van der Waals surface area contributed by atoms with Crippen molar-refractivity contribution >= 4 is 27.7 Å². The fourth-order valence-electron chi connectivity index (χ4n) is 4.31. The maximum atomic E-state index is 13.0. The third kappa shape index (κ3) is 4.68. The van der Waals surface area contributed by atoms with E-state index in [1.165, 1.54) is 0 Å². The van der Waals surface area contributed by atoms with Crippen molar-refractivity contribution in [3.8, 4) is 11.5 Å². The summed E-state index contributed by atoms with van der Waals surface area (Å²) in [6.45, 7) is 2.11. The zero-order valence-electron chi connectivity index (χ0n) is 19.1. The van der Waals surface area contributed by atoms with Gasteiger partial charge in [0.2, 0.25) is 5.88 Å². The molecule has 0 aromatic heterocycles. The van der Waals surface area contributed by atoms with Crippen LogP contribution in [-0.4, -0.2) is 25.5 Å². The lowest BCUT2D eigenvalue weighted by atomic mass is 9.77. The number of ether oxygens (including phenoxy) is 4. The van der Waals surface area contributed by atoms with Crippen molar-refractivity contribution in [2.75, 3.05) is 13.7 Å². The van der Waals surface area contributed by atoms with E-state index in [1.54, 1.807) is 20.1 Å². The van der Waals surface area contributed by atoms with Crippen molar-refractivity contribution in [1.29, 1.82) is 0 Å². The summed E-state index contributed by atoms with van der Waals surface area (Å²) in [5.74, 6) is 0.460. The number of halogens is 1. The third-order valence-electron chi connectivity index (χ3n) is 5.84. The summed E-state index contributed by atoms with van der Waals surface area (Å²) < 4.78 is 23.4. The van der Waals surface area contributed by atoms with Crippen LogP contribution >= 0.6 is 15.9 Å². The third-order valence-corrected chi connectivity index (χ3v) is 6.49. The van der Waals surface area contributed by atoms with Gasteiger partial charge in [0.05, 0.1) is 24.1 Å². The van der Waals surface area contributed by atoms with Crippen LogP contribution < -0.4 is 15.2 Å². The Morgan fingerprint density at radius 2 is 1.97 bits per heavy atom. The van der Waals surface area contributed by atoms with E-state index in [0.717, 1.165) is 10.0 Å². The molecule has 4 rings (SSSR count). The van der Waals surface area contributed by atoms with Gasteiger partial charge in [-0.1, -0.05) is 18.2 Å². The van der Waals surface area contributed by atoms with E-state index in [2.05, 4.69) is 15.9 Å². The molecule has 1 atom stereocenters. The van der Waals surface area contributed by atoms with E-state index < -0.39 is 11.9 Å². The Morgan fingerprint density at radius 1 is 1.18 bits per heavy atom. The molecular weight excluding hydrogens is 502 g/mol. The molecule has 0 bridgehead atoms. The van der Waals surface area contributed by atoms with Crippen molar-refractivity contribution < 1.29 is 28.5 Å². The van der Waals surface area contributed by atoms with E-state index in [4.69, 9.17) is 24.7 Å². The molecule has 1 aliphatic carbocycles. The normalized spacial score (nSPS) is 17.7. The minimum Gasteiger partial charge on any atom is -0.496 e. The Hall–Kier alpha value is -3.26. The molecule has 0 saturated heterocycles. The summed E-state index contributed by atoms with van der Waals surface area (Å²) in [5.41, 5.74) is 8.26. The van der Waals surface area contributed by atoms with Crippen molar-refractivity contribution in [3.63, 3.8) is 0 Å². The van der Waals surface area contributed by atoms with E-state index in [0.29, 0.717) is 47.7 Å². The molecular formula is C26H26BrNO6. The quantitative estimate of drug-likeness (QED) is 0.511. The van der Waals surface area contributed by atoms with Gasteiger partial charge in [-0.25, -0.2) is 4.79 Å². The van der Waals surface area contributed by atoms with Gasteiger partial charge < -0.3 is 24.7 Å². The molecule has 2 aliphatic rings. The number of ketones is 1. The number of benzene rings is 2. The first-order valence-electron chi connectivity index (χ1n) is 11.1. The fourth-order valence-corrected chi connectivity index (χ4v) is 4.70. The molecule has 1 heterocycles. The van der Waals surface area contributed by atoms with Gasteiger partial charge >= 0.3 is 5.97 Å². The van der Waals surface area contributed by atoms with E-state index in [-0.39, 0.29) is 30.5 Å². The summed E-state index contributed by atoms with van der Waals surface area (Å²) in [5, 5.41) is 0. The van der Waals surface area contributed by atoms with Gasteiger partial charge in [-0.2, -0.15) is 0 Å². The molecule has 2 aromatic carbocycles. The molecule has 0 saturated carbocycles. The zero-order chi connectivity index (χ0) is 24.2. The maximum Gasteiger partial charge on any atom is 0.340 e. The number of carbonyl (C=O) groups is 2. The van der Waals surface area contributed by atoms with Gasteiger partial charge in [-0.15, -0.1) is 0 Å². The molecule has 1 aliphatic heterocycles. The van der Waals surface area contributed by atoms with Crippen LogP contribution in [0.2, 0.25) is 0 Å². The highest BCUT2D eigenvalue weighted by Crippen LogP contribution is 2.44. The molecule has 0 fully saturated rings. The number of allylic oxidation sites excluding steroid dienone is 2. The van der Waals surface area contributed by atoms with Crippen LogP contribution in [0.15, 0.2) is 69.7 Å². The number of carbonyl (C=O) groups excluding carboxylic acids is 2. The highest BCUT2D eigenvalue weighted by Gasteiger charge is 2.41. The van der Waals surface area contributed by atoms with Crippen LogP contribution in [0.1, 0.15) is 43.2 Å². The molecule has 34 heavy (non-hydrogen) atoms. The average molecular weight is 528 g/mol. The molecule has 8 heteroatoms. The Morgan fingerprint density at radius 3 is 2.71 bits per heavy atom. The van der Waals surface area contributed by atoms with Crippen molar-refractivity contribution in [1.82, 2.24) is 0 Å². The van der Waals surface area contributed by atoms with E-state index >= 15 is 0 Å². The highest BCUT2D eigenvalue weighted by atomic mass is 79.9. The minimum absolute atomic E-state index is 0.0289. The number of rotatable bonds is 7. The summed E-state index contributed by atoms with van der Waals surface area (Å²) in [6.07, 6.45) is 1.66. The topological polar surface area (TPSA) is 97.1 Å². The summed E-state index contributed by atoms with van der Waals surface area (Å²) in [6, 6.07) is 13.1. The van der Waals surface area contributed by atoms with Gasteiger partial charge in [-0.3, -0.25) is 4.79 Å². The second kappa shape index (κ2) is 10.3. The second-order valence-electron chi connectivity index (χ2n) is 7.94. The molecule has 0 amide bonds. The van der Waals surface area contributed by atoms with E-state index in [1.807, 2.05) is 36.4 Å². The maximum absolute atomic E-state index is 13.0. The Bertz CT molecular complexity index is 1190. The largest absolute Gasteiger partial charge is 0.496 e. The van der Waals surface area contributed by atoms with Crippen LogP contribution in [-0.2, 0) is 25.7 Å². The fraction of sp³-hybridized carbons (Fsp3) is 0.308. The van der Waals surface area contributed by atoms with Crippen LogP contribution in [0.25, 0.3) is 0 Å². The number of nitrogens with two attached hydrogens (primary N) is 1. The average Bonchev–Trinajstić information content (AvgIpc) is 2.82. The Balaban J connectivity index is 1.77. The van der Waals surface area contributed by atoms with Crippen LogP contribution in [0.3, 0.4) is 0 Å². The number of hydrogen-bond donors (Lipinski definition) is 1. The smallest absolute Gasteiger partial charge is 0.340 e. The standard InChI is InChI=1S/C26H26BrNO6/c1-3-32-26(30)24-22(23-18(29)8-6-10-21(23)34-25(24)28)15-11-12-19(31-2)16(13-15)14-33-20-9-5-4-7-17(20)27/h4-5,7,9,11-13,22H,3,6,8,10,14,28H2,1-2H3. The van der Waals surface area contributed by atoms with Crippen LogP contribution in [0.4, 0.5) is 0 Å². The predicted octanol–water partition coefficient (Wildman–Crippen LogP) is 4.89. The molecule has 2 aromatic rings. The lowest BCUT2D eigenvalue weighted by Gasteiger charge is -2.32. The van der Waals surface area contributed by atoms with Gasteiger partial charge in [0.25, 0.3) is 0 Å². The van der Waals surface area contributed by atoms with Gasteiger partial charge in [0.1, 0.15) is 29.4 Å². The van der Waals surface area contributed by atoms with Gasteiger partial charge in [-0.05, 0) is 59.1 Å². The molecule has 178 valence electrons. The Labute approximate surface area is 206 Å². The summed E-state index contributed by atoms with van der Waals surface area (Å²) >= 11 is 3.49. The van der Waals surface area contributed by atoms with Crippen LogP contribution in [0, 0.1) is 0 Å². The van der Waals surface area contributed by atoms with Gasteiger partial charge in [0.15, 0.2) is 5.78 Å². The number of hydrogen-bond acceptors (Lipinski definition) is 7. The molecule has 7 nitrogen and oxygen atoms in total. The number of para-hydroxylation sites is 1. The van der Waals surface area contributed by atoms with Crippen molar-refractivity contribution in [2.24, 2.45) is 5.73 Å². The van der Waals surface area contributed by atoms with Crippen molar-refractivity contribution in [3.05, 3.63) is 80.9 Å². The van der Waals surface area contributed by atoms with Crippen molar-refractivity contribution in [2.45, 2.75) is 38.7 Å². The predicted molar refractivity (Wildman–Crippen MR) is 129 cm³/mol. The summed E-state index contributed by atoms with van der Waals surface area (Å²) in [7, 11) is 1.58. The number of esters is 1. The first-order valence-corrected chi connectivity index (χ1v) is 11.9. The monoisotopic (exact) mass is 527 g/mol. The molecule has 0 radical (unpaired) electrons. The minimum atomic E-state index is -0.691. The first kappa shape index (κ1) is 23.9. The molecule has 2 N–H and O–H groups in total. The highest BCUT2D eigenvalue weighted by molar-refractivity contribution is 9.10. The zero-order valence-corrected chi connectivity index (χ0v) is 20.6. The van der Waals surface area contributed by atoms with Crippen LogP contribution in [0.5, 0.6) is 11.5 Å². The first-order chi connectivity index (χ1) is 16.4. The van der Waals surface area contributed by atoms with Gasteiger partial charge in [0, 0.05) is 24.0 Å². The second-order valence-corrected chi connectivity index (χ2v) is 8.79. The molecule has 1 unspecified atom stereocenters. The lowest BCUT2D eigenvalue weighted by Crippen LogP contribution is -2.31. The number of Topliss-reactive ketones (excluding diaryl/α,β-unsaturated/α-hetero) is 1. The van der Waals surface area contributed by atoms with E-state index in [9.17, 15) is 9.59 Å². The summed E-state index contributed by atoms with van der Waals surface area (Å²) in [4.78, 5) is 25.9. The molecule has 0 spiro atoms. The lowest BCUT2D eigenvalue weighted by molar-refractivity contribution is -0.139. The SMILES string of the molecule is CCOC(=O)C1=C(N)OC2=C(C(=O)CCC2)C1c1ccc(OC)c(COc2ccccc2Br)c1.